The summed E-state index contributed by atoms with van der Waals surface area (Å²) in [5.41, 5.74) is 3.16. The Morgan fingerprint density at radius 2 is 2.06 bits per heavy atom. The lowest BCUT2D eigenvalue weighted by Gasteiger charge is -2.31. The maximum atomic E-state index is 14.7. The Morgan fingerprint density at radius 3 is 2.82 bits per heavy atom. The number of rotatable bonds is 6. The number of aliphatic hydroxyl groups is 1. The van der Waals surface area contributed by atoms with Gasteiger partial charge in [0, 0.05) is 60.2 Å². The highest BCUT2D eigenvalue weighted by molar-refractivity contribution is 7.99. The fraction of sp³-hybridized carbons (Fsp3) is 0.250. The molecule has 174 valence electrons. The van der Waals surface area contributed by atoms with Crippen LogP contribution in [0.2, 0.25) is 0 Å². The summed E-state index contributed by atoms with van der Waals surface area (Å²) in [5, 5.41) is 30.0. The first-order chi connectivity index (χ1) is 16.6. The van der Waals surface area contributed by atoms with E-state index in [1.165, 1.54) is 24.0 Å². The van der Waals surface area contributed by atoms with E-state index < -0.39 is 5.82 Å². The third kappa shape index (κ3) is 4.34. The summed E-state index contributed by atoms with van der Waals surface area (Å²) in [6.45, 7) is 1.62. The van der Waals surface area contributed by atoms with E-state index >= 15 is 0 Å². The van der Waals surface area contributed by atoms with Gasteiger partial charge in [0.2, 0.25) is 5.16 Å². The standard InChI is InChI=1S/C24H24FN7OS/c1-27-12-17(11-26)16-10-21(25)23-29-30-24(32(23)14-16)34-20-2-3-22-15(9-20)8-18(13-28-22)31-6-4-19(33)5-7-31/h2-3,8-14,19,26-27,33H,4-7H2,1H3/b17-12+,26-11?. The van der Waals surface area contributed by atoms with Gasteiger partial charge in [-0.1, -0.05) is 0 Å². The lowest BCUT2D eigenvalue weighted by atomic mass is 10.1. The summed E-state index contributed by atoms with van der Waals surface area (Å²) >= 11 is 1.39. The van der Waals surface area contributed by atoms with Gasteiger partial charge in [-0.25, -0.2) is 4.39 Å². The topological polar surface area (TPSA) is 102 Å². The fourth-order valence-electron chi connectivity index (χ4n) is 4.09. The van der Waals surface area contributed by atoms with Crippen LogP contribution in [-0.4, -0.2) is 57.1 Å². The van der Waals surface area contributed by atoms with Crippen LogP contribution >= 0.6 is 11.8 Å². The monoisotopic (exact) mass is 477 g/mol. The van der Waals surface area contributed by atoms with Gasteiger partial charge < -0.3 is 20.7 Å². The van der Waals surface area contributed by atoms with Crippen molar-refractivity contribution in [3.63, 3.8) is 0 Å². The van der Waals surface area contributed by atoms with E-state index in [0.717, 1.165) is 47.4 Å². The molecule has 4 aromatic rings. The van der Waals surface area contributed by atoms with Crippen LogP contribution in [0.1, 0.15) is 18.4 Å². The van der Waals surface area contributed by atoms with Crippen molar-refractivity contribution in [2.24, 2.45) is 0 Å². The van der Waals surface area contributed by atoms with Gasteiger partial charge in [-0.15, -0.1) is 10.2 Å². The number of nitrogens with zero attached hydrogens (tertiary/aromatic N) is 5. The number of benzene rings is 1. The minimum Gasteiger partial charge on any atom is -0.393 e. The molecule has 1 aliphatic rings. The van der Waals surface area contributed by atoms with Gasteiger partial charge in [-0.2, -0.15) is 0 Å². The van der Waals surface area contributed by atoms with Crippen molar-refractivity contribution < 1.29 is 9.50 Å². The predicted octanol–water partition coefficient (Wildman–Crippen LogP) is 3.74. The number of hydrogen-bond acceptors (Lipinski definition) is 8. The molecule has 4 heterocycles. The molecule has 0 aliphatic carbocycles. The van der Waals surface area contributed by atoms with E-state index in [4.69, 9.17) is 5.41 Å². The quantitative estimate of drug-likeness (QED) is 0.364. The van der Waals surface area contributed by atoms with Crippen LogP contribution in [0.25, 0.3) is 22.1 Å². The highest BCUT2D eigenvalue weighted by atomic mass is 32.2. The molecule has 0 bridgehead atoms. The lowest BCUT2D eigenvalue weighted by Crippen LogP contribution is -2.35. The number of aromatic nitrogens is 4. The number of pyridine rings is 2. The molecule has 1 saturated heterocycles. The van der Waals surface area contributed by atoms with Gasteiger partial charge in [0.1, 0.15) is 0 Å². The number of piperidine rings is 1. The molecule has 3 N–H and O–H groups in total. The Hall–Kier alpha value is -3.50. The maximum absolute atomic E-state index is 14.7. The smallest absolute Gasteiger partial charge is 0.200 e. The molecular weight excluding hydrogens is 453 g/mol. The Kier molecular flexibility index (Phi) is 6.16. The Labute approximate surface area is 200 Å². The number of hydrogen-bond donors (Lipinski definition) is 3. The number of anilines is 1. The van der Waals surface area contributed by atoms with Crippen LogP contribution in [0.15, 0.2) is 59.0 Å². The summed E-state index contributed by atoms with van der Waals surface area (Å²) < 4.78 is 16.3. The molecule has 0 spiro atoms. The van der Waals surface area contributed by atoms with Gasteiger partial charge in [0.25, 0.3) is 0 Å². The number of fused-ring (bicyclic) bond motifs is 2. The zero-order chi connectivity index (χ0) is 23.7. The average Bonchev–Trinajstić information content (AvgIpc) is 3.25. The van der Waals surface area contributed by atoms with E-state index in [1.54, 1.807) is 23.8 Å². The molecule has 0 amide bonds. The minimum atomic E-state index is -0.500. The number of halogens is 1. The highest BCUT2D eigenvalue weighted by Crippen LogP contribution is 2.31. The molecule has 1 fully saturated rings. The van der Waals surface area contributed by atoms with E-state index in [0.29, 0.717) is 16.3 Å². The third-order valence-corrected chi connectivity index (χ3v) is 6.84. The predicted molar refractivity (Wildman–Crippen MR) is 132 cm³/mol. The summed E-state index contributed by atoms with van der Waals surface area (Å²) in [6, 6.07) is 9.43. The summed E-state index contributed by atoms with van der Waals surface area (Å²) in [5.74, 6) is -0.500. The van der Waals surface area contributed by atoms with Crippen molar-refractivity contribution in [1.29, 1.82) is 5.41 Å². The summed E-state index contributed by atoms with van der Waals surface area (Å²) in [4.78, 5) is 7.78. The van der Waals surface area contributed by atoms with Crippen molar-refractivity contribution in [2.45, 2.75) is 29.0 Å². The molecule has 0 saturated carbocycles. The molecular formula is C24H24FN7OS. The molecule has 10 heteroatoms. The van der Waals surface area contributed by atoms with Crippen LogP contribution in [-0.2, 0) is 0 Å². The van der Waals surface area contributed by atoms with Crippen LogP contribution in [0.4, 0.5) is 10.1 Å². The van der Waals surface area contributed by atoms with Gasteiger partial charge in [0.05, 0.1) is 23.5 Å². The third-order valence-electron chi connectivity index (χ3n) is 5.89. The second-order valence-corrected chi connectivity index (χ2v) is 9.19. The first-order valence-corrected chi connectivity index (χ1v) is 11.8. The van der Waals surface area contributed by atoms with E-state index in [2.05, 4.69) is 31.5 Å². The van der Waals surface area contributed by atoms with Gasteiger partial charge in [-0.3, -0.25) is 9.38 Å². The molecule has 0 atom stereocenters. The Bertz CT molecular complexity index is 1400. The summed E-state index contributed by atoms with van der Waals surface area (Å²) in [7, 11) is 1.73. The van der Waals surface area contributed by atoms with Crippen molar-refractivity contribution in [3.05, 3.63) is 60.3 Å². The van der Waals surface area contributed by atoms with Gasteiger partial charge in [-0.05, 0) is 54.9 Å². The second-order valence-electron chi connectivity index (χ2n) is 8.15. The number of aliphatic hydroxyl groups excluding tert-OH is 1. The highest BCUT2D eigenvalue weighted by Gasteiger charge is 2.18. The molecule has 0 unspecified atom stereocenters. The first-order valence-electron chi connectivity index (χ1n) is 11.0. The molecule has 5 rings (SSSR count). The SMILES string of the molecule is CN/C=C(\C=N)c1cc(F)c2nnc(Sc3ccc4ncc(N5CCC(O)CC5)cc4c3)n2c1. The molecule has 1 aliphatic heterocycles. The second kappa shape index (κ2) is 9.40. The average molecular weight is 478 g/mol. The minimum absolute atomic E-state index is 0.136. The van der Waals surface area contributed by atoms with Crippen molar-refractivity contribution >= 4 is 45.8 Å². The molecule has 0 radical (unpaired) electrons. The molecule has 3 aromatic heterocycles. The van der Waals surface area contributed by atoms with Gasteiger partial charge in [0.15, 0.2) is 11.5 Å². The number of nitrogens with one attached hydrogen (secondary N) is 2. The maximum Gasteiger partial charge on any atom is 0.200 e. The Balaban J connectivity index is 1.47. The molecule has 8 nitrogen and oxygen atoms in total. The molecule has 1 aromatic carbocycles. The Morgan fingerprint density at radius 1 is 1.24 bits per heavy atom. The van der Waals surface area contributed by atoms with E-state index in [9.17, 15) is 9.50 Å². The zero-order valence-corrected chi connectivity index (χ0v) is 19.4. The zero-order valence-electron chi connectivity index (χ0n) is 18.6. The van der Waals surface area contributed by atoms with Crippen molar-refractivity contribution in [1.82, 2.24) is 24.9 Å². The lowest BCUT2D eigenvalue weighted by molar-refractivity contribution is 0.145. The van der Waals surface area contributed by atoms with Crippen LogP contribution in [0, 0.1) is 11.2 Å². The van der Waals surface area contributed by atoms with Crippen LogP contribution in [0.5, 0.6) is 0 Å². The van der Waals surface area contributed by atoms with Crippen LogP contribution in [0.3, 0.4) is 0 Å². The normalized spacial score (nSPS) is 15.3. The van der Waals surface area contributed by atoms with E-state index in [1.807, 2.05) is 24.4 Å². The van der Waals surface area contributed by atoms with Crippen molar-refractivity contribution in [3.8, 4) is 0 Å². The fourth-order valence-corrected chi connectivity index (χ4v) is 4.94. The summed E-state index contributed by atoms with van der Waals surface area (Å²) in [6.07, 6.45) is 7.72. The molecule has 34 heavy (non-hydrogen) atoms. The van der Waals surface area contributed by atoms with E-state index in [-0.39, 0.29) is 11.8 Å². The number of allylic oxidation sites excluding steroid dienone is 1. The van der Waals surface area contributed by atoms with Gasteiger partial charge >= 0.3 is 0 Å². The van der Waals surface area contributed by atoms with Crippen molar-refractivity contribution in [2.75, 3.05) is 25.0 Å². The largest absolute Gasteiger partial charge is 0.393 e. The first kappa shape index (κ1) is 22.3. The van der Waals surface area contributed by atoms with Crippen LogP contribution < -0.4 is 10.2 Å².